The van der Waals surface area contributed by atoms with E-state index in [2.05, 4.69) is 10.2 Å². The molecular formula is C23H23ClN2O7S. The maximum Gasteiger partial charge on any atom is 0.342 e. The Morgan fingerprint density at radius 3 is 2.29 bits per heavy atom. The second-order valence-electron chi connectivity index (χ2n) is 7.09. The predicted molar refractivity (Wildman–Crippen MR) is 128 cm³/mol. The van der Waals surface area contributed by atoms with Gasteiger partial charge in [-0.15, -0.1) is 10.2 Å². The smallest absolute Gasteiger partial charge is 0.342 e. The second-order valence-corrected chi connectivity index (χ2v) is 8.49. The molecule has 0 saturated carbocycles. The van der Waals surface area contributed by atoms with Gasteiger partial charge in [-0.1, -0.05) is 11.6 Å². The molecule has 0 spiro atoms. The zero-order chi connectivity index (χ0) is 24.8. The fourth-order valence-electron chi connectivity index (χ4n) is 2.85. The molecule has 0 saturated heterocycles. The van der Waals surface area contributed by atoms with Gasteiger partial charge >= 0.3 is 5.97 Å². The Kier molecular flexibility index (Phi) is 8.30. The lowest BCUT2D eigenvalue weighted by Gasteiger charge is -2.15. The zero-order valence-electron chi connectivity index (χ0n) is 19.1. The quantitative estimate of drug-likeness (QED) is 0.282. The van der Waals surface area contributed by atoms with E-state index in [0.29, 0.717) is 39.1 Å². The number of rotatable bonds is 10. The fraction of sp³-hybridized carbons (Fsp3) is 0.261. The highest BCUT2D eigenvalue weighted by Gasteiger charge is 2.19. The molecular weight excluding hydrogens is 484 g/mol. The Morgan fingerprint density at radius 2 is 1.74 bits per heavy atom. The van der Waals surface area contributed by atoms with Crippen molar-refractivity contribution in [1.82, 2.24) is 10.2 Å². The lowest BCUT2D eigenvalue weighted by molar-refractivity contribution is -0.131. The number of nitrogens with zero attached hydrogens (tertiary/aromatic N) is 2. The summed E-state index contributed by atoms with van der Waals surface area (Å²) in [5.74, 6) is 0.868. The molecule has 3 rings (SSSR count). The van der Waals surface area contributed by atoms with Crippen molar-refractivity contribution in [2.75, 3.05) is 21.3 Å². The third-order valence-corrected chi connectivity index (χ3v) is 5.45. The van der Waals surface area contributed by atoms with Gasteiger partial charge in [0.05, 0.1) is 32.5 Å². The molecule has 0 aliphatic carbocycles. The second kappa shape index (κ2) is 11.2. The largest absolute Gasteiger partial charge is 0.497 e. The minimum atomic E-state index is -1.18. The molecule has 1 aromatic heterocycles. The van der Waals surface area contributed by atoms with Crippen LogP contribution in [-0.4, -0.2) is 48.7 Å². The molecule has 0 bridgehead atoms. The Labute approximate surface area is 205 Å². The molecule has 0 atom stereocenters. The van der Waals surface area contributed by atoms with Crippen molar-refractivity contribution in [2.24, 2.45) is 0 Å². The maximum atomic E-state index is 11.9. The van der Waals surface area contributed by atoms with Crippen LogP contribution in [0.5, 0.6) is 23.0 Å². The van der Waals surface area contributed by atoms with Crippen LogP contribution in [-0.2, 0) is 4.79 Å². The van der Waals surface area contributed by atoms with Crippen LogP contribution in [0, 0.1) is 0 Å². The molecule has 11 heteroatoms. The first-order valence-corrected chi connectivity index (χ1v) is 11.2. The van der Waals surface area contributed by atoms with Crippen molar-refractivity contribution in [1.29, 1.82) is 0 Å². The summed E-state index contributed by atoms with van der Waals surface area (Å²) in [6.07, 6.45) is 1.31. The summed E-state index contributed by atoms with van der Waals surface area (Å²) >= 11 is 7.16. The monoisotopic (exact) mass is 506 g/mol. The molecule has 0 radical (unpaired) electrons. The lowest BCUT2D eigenvalue weighted by atomic mass is 10.2. The van der Waals surface area contributed by atoms with E-state index in [0.717, 1.165) is 11.8 Å². The first-order chi connectivity index (χ1) is 16.2. The standard InChI is InChI=1S/C23H23ClN2O7S/c1-12(2)32-20-17(24)6-13(7-18(20)31-5)8-19(22(27)28)34-23-26-25-21(33-23)14-9-15(29-3)11-16(10-14)30-4/h6-12H,1-5H3,(H,27,28)/b19-8-. The van der Waals surface area contributed by atoms with E-state index in [4.69, 9.17) is 35.0 Å². The summed E-state index contributed by atoms with van der Waals surface area (Å²) in [7, 11) is 4.54. The number of carbonyl (C=O) groups is 1. The van der Waals surface area contributed by atoms with Gasteiger partial charge in [-0.2, -0.15) is 0 Å². The van der Waals surface area contributed by atoms with Crippen molar-refractivity contribution >= 4 is 35.4 Å². The van der Waals surface area contributed by atoms with Crippen molar-refractivity contribution in [3.63, 3.8) is 0 Å². The highest BCUT2D eigenvalue weighted by molar-refractivity contribution is 8.03. The van der Waals surface area contributed by atoms with Crippen LogP contribution in [0.3, 0.4) is 0 Å². The van der Waals surface area contributed by atoms with E-state index < -0.39 is 5.97 Å². The van der Waals surface area contributed by atoms with Crippen molar-refractivity contribution in [3.8, 4) is 34.5 Å². The summed E-state index contributed by atoms with van der Waals surface area (Å²) in [5, 5.41) is 18.0. The molecule has 0 fully saturated rings. The summed E-state index contributed by atoms with van der Waals surface area (Å²) in [4.78, 5) is 11.8. The summed E-state index contributed by atoms with van der Waals surface area (Å²) in [6, 6.07) is 8.33. The molecule has 9 nitrogen and oxygen atoms in total. The molecule has 0 aliphatic heterocycles. The number of ether oxygens (including phenoxy) is 4. The number of carboxylic acid groups (broad SMARTS) is 1. The van der Waals surface area contributed by atoms with Gasteiger partial charge in [0, 0.05) is 11.6 Å². The number of aromatic nitrogens is 2. The van der Waals surface area contributed by atoms with Crippen LogP contribution in [0.25, 0.3) is 17.5 Å². The summed E-state index contributed by atoms with van der Waals surface area (Å²) < 4.78 is 27.2. The lowest BCUT2D eigenvalue weighted by Crippen LogP contribution is -2.07. The van der Waals surface area contributed by atoms with Gasteiger partial charge in [-0.3, -0.25) is 0 Å². The molecule has 0 unspecified atom stereocenters. The van der Waals surface area contributed by atoms with Crippen LogP contribution >= 0.6 is 23.4 Å². The van der Waals surface area contributed by atoms with Crippen LogP contribution < -0.4 is 18.9 Å². The average Bonchev–Trinajstić information content (AvgIpc) is 3.28. The Bertz CT molecular complexity index is 1190. The molecule has 1 N–H and O–H groups in total. The van der Waals surface area contributed by atoms with E-state index in [-0.39, 0.29) is 22.1 Å². The number of carboxylic acids is 1. The van der Waals surface area contributed by atoms with Crippen LogP contribution in [0.2, 0.25) is 5.02 Å². The zero-order valence-corrected chi connectivity index (χ0v) is 20.7. The van der Waals surface area contributed by atoms with Gasteiger partial charge in [0.15, 0.2) is 11.5 Å². The third-order valence-electron chi connectivity index (χ3n) is 4.32. The molecule has 180 valence electrons. The third kappa shape index (κ3) is 6.15. The SMILES string of the molecule is COc1cc(OC)cc(-c2nnc(S/C(=C\c3cc(Cl)c(OC(C)C)c(OC)c3)C(=O)O)o2)c1. The minimum absolute atomic E-state index is 0.0447. The minimum Gasteiger partial charge on any atom is -0.497 e. The van der Waals surface area contributed by atoms with Gasteiger partial charge in [0.25, 0.3) is 5.22 Å². The number of methoxy groups -OCH3 is 3. The van der Waals surface area contributed by atoms with Crippen molar-refractivity contribution in [2.45, 2.75) is 25.2 Å². The number of hydrogen-bond acceptors (Lipinski definition) is 9. The molecule has 1 heterocycles. The first-order valence-electron chi connectivity index (χ1n) is 9.98. The molecule has 34 heavy (non-hydrogen) atoms. The van der Waals surface area contributed by atoms with E-state index in [9.17, 15) is 9.90 Å². The van der Waals surface area contributed by atoms with E-state index in [1.54, 1.807) is 30.3 Å². The van der Waals surface area contributed by atoms with Crippen molar-refractivity contribution < 1.29 is 33.3 Å². The van der Waals surface area contributed by atoms with E-state index >= 15 is 0 Å². The van der Waals surface area contributed by atoms with Gasteiger partial charge in [0.2, 0.25) is 5.89 Å². The Balaban J connectivity index is 1.91. The van der Waals surface area contributed by atoms with Gasteiger partial charge < -0.3 is 28.5 Å². The first kappa shape index (κ1) is 25.3. The number of halogens is 1. The van der Waals surface area contributed by atoms with Gasteiger partial charge in [-0.25, -0.2) is 4.79 Å². The number of hydrogen-bond donors (Lipinski definition) is 1. The molecule has 2 aromatic carbocycles. The number of thioether (sulfide) groups is 1. The van der Waals surface area contributed by atoms with Gasteiger partial charge in [0.1, 0.15) is 16.4 Å². The Morgan fingerprint density at radius 1 is 1.06 bits per heavy atom. The van der Waals surface area contributed by atoms with E-state index in [1.165, 1.54) is 27.4 Å². The molecule has 3 aromatic rings. The maximum absolute atomic E-state index is 11.9. The summed E-state index contributed by atoms with van der Waals surface area (Å²) in [6.45, 7) is 3.73. The number of benzene rings is 2. The van der Waals surface area contributed by atoms with Gasteiger partial charge in [-0.05, 0) is 61.5 Å². The highest BCUT2D eigenvalue weighted by Crippen LogP contribution is 2.39. The molecule has 0 aliphatic rings. The highest BCUT2D eigenvalue weighted by atomic mass is 35.5. The Hall–Kier alpha value is -3.37. The predicted octanol–water partition coefficient (Wildman–Crippen LogP) is 5.42. The van der Waals surface area contributed by atoms with Crippen molar-refractivity contribution in [3.05, 3.63) is 45.8 Å². The van der Waals surface area contributed by atoms with Crippen LogP contribution in [0.1, 0.15) is 19.4 Å². The average molecular weight is 507 g/mol. The van der Waals surface area contributed by atoms with E-state index in [1.807, 2.05) is 13.8 Å². The topological polar surface area (TPSA) is 113 Å². The molecule has 0 amide bonds. The number of aliphatic carboxylic acids is 1. The summed E-state index contributed by atoms with van der Waals surface area (Å²) in [5.41, 5.74) is 1.06. The van der Waals surface area contributed by atoms with Crippen LogP contribution in [0.15, 0.2) is 44.9 Å². The normalized spacial score (nSPS) is 11.4. The fourth-order valence-corrected chi connectivity index (χ4v) is 3.79. The van der Waals surface area contributed by atoms with Crippen LogP contribution in [0.4, 0.5) is 0 Å².